The van der Waals surface area contributed by atoms with Crippen molar-refractivity contribution in [3.05, 3.63) is 57.3 Å². The van der Waals surface area contributed by atoms with Crippen LogP contribution in [0.15, 0.2) is 41.1 Å². The van der Waals surface area contributed by atoms with Crippen LogP contribution in [0.4, 0.5) is 4.79 Å². The van der Waals surface area contributed by atoms with Gasteiger partial charge in [-0.2, -0.15) is 0 Å². The number of benzene rings is 1. The highest BCUT2D eigenvalue weighted by molar-refractivity contribution is 9.10. The molecule has 0 unspecified atom stereocenters. The third-order valence-corrected chi connectivity index (χ3v) is 4.63. The Kier molecular flexibility index (Phi) is 5.50. The molecule has 0 radical (unpaired) electrons. The van der Waals surface area contributed by atoms with Crippen LogP contribution in [0, 0.1) is 0 Å². The maximum Gasteiger partial charge on any atom is 0.420 e. The molecule has 2 aromatic heterocycles. The van der Waals surface area contributed by atoms with Crippen LogP contribution in [0.1, 0.15) is 36.7 Å². The molecule has 28 heavy (non-hydrogen) atoms. The fraction of sp³-hybridized carbons (Fsp3) is 0.250. The highest BCUT2D eigenvalue weighted by Crippen LogP contribution is 2.30. The zero-order valence-corrected chi connectivity index (χ0v) is 18.1. The standard InChI is InChI=1S/C20H18BrClN2O4/c1-20(2,3)28-19(26)24-10-15(13-7-11(21)9-23-18(13)24)17(25)14-8-12(27-4)5-6-16(14)22/h5-10H,1-4H3. The van der Waals surface area contributed by atoms with Gasteiger partial charge in [0.05, 0.1) is 17.7 Å². The molecule has 2 heterocycles. The Bertz CT molecular complexity index is 1090. The van der Waals surface area contributed by atoms with Crippen molar-refractivity contribution in [3.63, 3.8) is 0 Å². The third kappa shape index (κ3) is 4.05. The van der Waals surface area contributed by atoms with Crippen molar-refractivity contribution in [2.75, 3.05) is 7.11 Å². The number of hydrogen-bond acceptors (Lipinski definition) is 5. The van der Waals surface area contributed by atoms with E-state index < -0.39 is 11.7 Å². The zero-order valence-electron chi connectivity index (χ0n) is 15.7. The molecule has 0 aliphatic rings. The summed E-state index contributed by atoms with van der Waals surface area (Å²) in [5.74, 6) is 0.152. The van der Waals surface area contributed by atoms with Gasteiger partial charge in [-0.25, -0.2) is 14.3 Å². The second kappa shape index (κ2) is 7.56. The lowest BCUT2D eigenvalue weighted by Crippen LogP contribution is -2.26. The van der Waals surface area contributed by atoms with E-state index in [-0.39, 0.29) is 21.9 Å². The average molecular weight is 466 g/mol. The Morgan fingerprint density at radius 2 is 1.89 bits per heavy atom. The van der Waals surface area contributed by atoms with Crippen molar-refractivity contribution < 1.29 is 19.1 Å². The number of methoxy groups -OCH3 is 1. The summed E-state index contributed by atoms with van der Waals surface area (Å²) in [6.07, 6.45) is 2.36. The van der Waals surface area contributed by atoms with Crippen molar-refractivity contribution in [2.45, 2.75) is 26.4 Å². The molecule has 0 aliphatic carbocycles. The molecule has 6 nitrogen and oxygen atoms in total. The quantitative estimate of drug-likeness (QED) is 0.479. The molecule has 0 spiro atoms. The maximum atomic E-state index is 13.2. The minimum absolute atomic E-state index is 0.268. The molecule has 0 fully saturated rings. The van der Waals surface area contributed by atoms with Gasteiger partial charge in [-0.3, -0.25) is 4.79 Å². The summed E-state index contributed by atoms with van der Waals surface area (Å²) in [5.41, 5.74) is 0.178. The van der Waals surface area contributed by atoms with Crippen molar-refractivity contribution >= 4 is 50.4 Å². The second-order valence-electron chi connectivity index (χ2n) is 7.09. The minimum Gasteiger partial charge on any atom is -0.497 e. The van der Waals surface area contributed by atoms with Crippen molar-refractivity contribution in [1.29, 1.82) is 0 Å². The van der Waals surface area contributed by atoms with Gasteiger partial charge >= 0.3 is 6.09 Å². The maximum absolute atomic E-state index is 13.2. The number of carbonyl (C=O) groups excluding carboxylic acids is 2. The minimum atomic E-state index is -0.691. The van der Waals surface area contributed by atoms with E-state index in [1.54, 1.807) is 51.2 Å². The van der Waals surface area contributed by atoms with Crippen molar-refractivity contribution in [3.8, 4) is 5.75 Å². The Hall–Kier alpha value is -2.38. The van der Waals surface area contributed by atoms with E-state index in [9.17, 15) is 9.59 Å². The fourth-order valence-corrected chi connectivity index (χ4v) is 3.20. The van der Waals surface area contributed by atoms with Crippen LogP contribution in [0.5, 0.6) is 5.75 Å². The topological polar surface area (TPSA) is 70.4 Å². The predicted octanol–water partition coefficient (Wildman–Crippen LogP) is 5.48. The summed E-state index contributed by atoms with van der Waals surface area (Å²) in [7, 11) is 1.51. The van der Waals surface area contributed by atoms with Gasteiger partial charge < -0.3 is 9.47 Å². The first-order chi connectivity index (χ1) is 13.1. The predicted molar refractivity (Wildman–Crippen MR) is 111 cm³/mol. The van der Waals surface area contributed by atoms with Gasteiger partial charge in [-0.1, -0.05) is 11.6 Å². The molecule has 0 N–H and O–H groups in total. The van der Waals surface area contributed by atoms with Gasteiger partial charge in [0.1, 0.15) is 17.0 Å². The highest BCUT2D eigenvalue weighted by atomic mass is 79.9. The molecule has 0 saturated heterocycles. The van der Waals surface area contributed by atoms with E-state index in [2.05, 4.69) is 20.9 Å². The number of aromatic nitrogens is 2. The molecule has 0 bridgehead atoms. The van der Waals surface area contributed by atoms with E-state index in [4.69, 9.17) is 21.1 Å². The number of pyridine rings is 1. The molecule has 1 aromatic carbocycles. The lowest BCUT2D eigenvalue weighted by molar-refractivity contribution is 0.0543. The van der Waals surface area contributed by atoms with Crippen LogP contribution in [-0.2, 0) is 4.74 Å². The number of fused-ring (bicyclic) bond motifs is 1. The van der Waals surface area contributed by atoms with E-state index in [0.717, 1.165) is 0 Å². The lowest BCUT2D eigenvalue weighted by Gasteiger charge is -2.19. The molecule has 3 aromatic rings. The SMILES string of the molecule is COc1ccc(Cl)c(C(=O)c2cn(C(=O)OC(C)(C)C)c3ncc(Br)cc23)c1. The zero-order chi connectivity index (χ0) is 20.6. The number of ketones is 1. The largest absolute Gasteiger partial charge is 0.497 e. The Morgan fingerprint density at radius 1 is 1.18 bits per heavy atom. The summed E-state index contributed by atoms with van der Waals surface area (Å²) in [5, 5.41) is 0.788. The molecular formula is C20H18BrClN2O4. The van der Waals surface area contributed by atoms with Crippen LogP contribution < -0.4 is 4.74 Å². The number of hydrogen-bond donors (Lipinski definition) is 0. The first-order valence-electron chi connectivity index (χ1n) is 8.39. The van der Waals surface area contributed by atoms with Crippen molar-refractivity contribution in [1.82, 2.24) is 9.55 Å². The summed E-state index contributed by atoms with van der Waals surface area (Å²) in [4.78, 5) is 30.2. The van der Waals surface area contributed by atoms with E-state index in [1.165, 1.54) is 17.9 Å². The summed E-state index contributed by atoms with van der Waals surface area (Å²) in [6, 6.07) is 6.55. The molecule has 0 aliphatic heterocycles. The third-order valence-electron chi connectivity index (χ3n) is 3.86. The van der Waals surface area contributed by atoms with E-state index >= 15 is 0 Å². The monoisotopic (exact) mass is 464 g/mol. The number of ether oxygens (including phenoxy) is 2. The number of rotatable bonds is 3. The van der Waals surface area contributed by atoms with Crippen LogP contribution >= 0.6 is 27.5 Å². The Morgan fingerprint density at radius 3 is 2.54 bits per heavy atom. The van der Waals surface area contributed by atoms with Gasteiger partial charge in [0.2, 0.25) is 0 Å². The molecule has 0 amide bonds. The Balaban J connectivity index is 2.17. The molecule has 3 rings (SSSR count). The number of nitrogens with zero attached hydrogens (tertiary/aromatic N) is 2. The van der Waals surface area contributed by atoms with E-state index in [0.29, 0.717) is 21.3 Å². The normalized spacial score (nSPS) is 11.5. The van der Waals surface area contributed by atoms with Gasteiger partial charge in [-0.15, -0.1) is 0 Å². The lowest BCUT2D eigenvalue weighted by atomic mass is 10.0. The van der Waals surface area contributed by atoms with Crippen LogP contribution in [0.25, 0.3) is 11.0 Å². The second-order valence-corrected chi connectivity index (χ2v) is 8.42. The van der Waals surface area contributed by atoms with Gasteiger partial charge in [0, 0.05) is 27.8 Å². The van der Waals surface area contributed by atoms with Crippen LogP contribution in [0.2, 0.25) is 5.02 Å². The van der Waals surface area contributed by atoms with E-state index in [1.807, 2.05) is 0 Å². The van der Waals surface area contributed by atoms with Gasteiger partial charge in [0.15, 0.2) is 5.78 Å². The van der Waals surface area contributed by atoms with Crippen molar-refractivity contribution in [2.24, 2.45) is 0 Å². The molecule has 0 atom stereocenters. The first-order valence-corrected chi connectivity index (χ1v) is 9.56. The number of halogens is 2. The number of carbonyl (C=O) groups is 2. The summed E-state index contributed by atoms with van der Waals surface area (Å²) >= 11 is 9.60. The van der Waals surface area contributed by atoms with Gasteiger partial charge in [0.25, 0.3) is 0 Å². The fourth-order valence-electron chi connectivity index (χ4n) is 2.66. The molecular weight excluding hydrogens is 448 g/mol. The Labute approximate surface area is 175 Å². The molecule has 8 heteroatoms. The average Bonchev–Trinajstić information content (AvgIpc) is 2.99. The van der Waals surface area contributed by atoms with Crippen LogP contribution in [0.3, 0.4) is 0 Å². The molecule has 0 saturated carbocycles. The highest BCUT2D eigenvalue weighted by Gasteiger charge is 2.25. The van der Waals surface area contributed by atoms with Gasteiger partial charge in [-0.05, 0) is 61.0 Å². The smallest absolute Gasteiger partial charge is 0.420 e. The summed E-state index contributed by atoms with van der Waals surface area (Å²) in [6.45, 7) is 5.30. The summed E-state index contributed by atoms with van der Waals surface area (Å²) < 4.78 is 12.5. The molecule has 146 valence electrons. The first kappa shape index (κ1) is 20.4. The van der Waals surface area contributed by atoms with Crippen LogP contribution in [-0.4, -0.2) is 34.1 Å².